The molecule has 0 bridgehead atoms. The van der Waals surface area contributed by atoms with Gasteiger partial charge in [-0.2, -0.15) is 4.31 Å². The second-order valence-corrected chi connectivity index (χ2v) is 6.75. The van der Waals surface area contributed by atoms with E-state index in [0.29, 0.717) is 26.2 Å². The molecule has 21 heavy (non-hydrogen) atoms. The Balaban J connectivity index is 2.37. The molecule has 0 spiro atoms. The highest BCUT2D eigenvalue weighted by molar-refractivity contribution is 7.89. The number of ether oxygens (including phenoxy) is 1. The number of nitrogens with zero attached hydrogens (tertiary/aromatic N) is 2. The number of likely N-dealkylation sites (N-methyl/N-ethyl adjacent to an activating group) is 1. The molecule has 1 fully saturated rings. The third-order valence-corrected chi connectivity index (χ3v) is 5.35. The van der Waals surface area contributed by atoms with Crippen LogP contribution in [0.2, 0.25) is 0 Å². The highest BCUT2D eigenvalue weighted by Gasteiger charge is 2.30. The highest BCUT2D eigenvalue weighted by Crippen LogP contribution is 2.22. The number of esters is 1. The molecular weight excluding hydrogens is 299 g/mol. The topological polar surface area (TPSA) is 66.9 Å². The van der Waals surface area contributed by atoms with Crippen LogP contribution in [0, 0.1) is 5.82 Å². The van der Waals surface area contributed by atoms with Crippen molar-refractivity contribution in [3.05, 3.63) is 29.6 Å². The molecule has 0 atom stereocenters. The number of benzene rings is 1. The Bertz CT molecular complexity index is 640. The molecule has 1 heterocycles. The number of methoxy groups -OCH3 is 1. The lowest BCUT2D eigenvalue weighted by atomic mass is 10.2. The number of sulfonamides is 1. The number of halogens is 1. The van der Waals surface area contributed by atoms with Crippen molar-refractivity contribution in [2.45, 2.75) is 4.90 Å². The Morgan fingerprint density at radius 1 is 1.24 bits per heavy atom. The Hall–Kier alpha value is -1.51. The number of carbonyl (C=O) groups is 1. The highest BCUT2D eigenvalue weighted by atomic mass is 32.2. The Labute approximate surface area is 123 Å². The fraction of sp³-hybridized carbons (Fsp3) is 0.462. The van der Waals surface area contributed by atoms with Gasteiger partial charge in [0.05, 0.1) is 12.7 Å². The van der Waals surface area contributed by atoms with Crippen LogP contribution in [0.1, 0.15) is 10.4 Å². The lowest BCUT2D eigenvalue weighted by Gasteiger charge is -2.31. The molecule has 0 amide bonds. The first-order valence-electron chi connectivity index (χ1n) is 6.43. The molecule has 1 aromatic carbocycles. The number of piperazine rings is 1. The standard InChI is InChI=1S/C13H17FN2O4S/c1-15-5-7-16(8-6-15)21(18,19)12-9-10(13(17)20-2)3-4-11(12)14/h3-4,9H,5-8H2,1-2H3. The zero-order chi connectivity index (χ0) is 15.6. The van der Waals surface area contributed by atoms with Gasteiger partial charge in [-0.15, -0.1) is 0 Å². The molecule has 0 unspecified atom stereocenters. The minimum absolute atomic E-state index is 0.00611. The molecule has 8 heteroatoms. The summed E-state index contributed by atoms with van der Waals surface area (Å²) in [5.74, 6) is -1.58. The normalized spacial score (nSPS) is 17.7. The summed E-state index contributed by atoms with van der Waals surface area (Å²) in [5.41, 5.74) is 0.00611. The first-order valence-corrected chi connectivity index (χ1v) is 7.87. The maximum absolute atomic E-state index is 13.9. The largest absolute Gasteiger partial charge is 0.465 e. The van der Waals surface area contributed by atoms with Crippen LogP contribution in [0.25, 0.3) is 0 Å². The van der Waals surface area contributed by atoms with Gasteiger partial charge in [0.15, 0.2) is 0 Å². The van der Waals surface area contributed by atoms with Gasteiger partial charge in [-0.1, -0.05) is 0 Å². The minimum Gasteiger partial charge on any atom is -0.465 e. The van der Waals surface area contributed by atoms with Gasteiger partial charge in [0, 0.05) is 26.2 Å². The third kappa shape index (κ3) is 3.22. The van der Waals surface area contributed by atoms with Gasteiger partial charge < -0.3 is 9.64 Å². The summed E-state index contributed by atoms with van der Waals surface area (Å²) in [6.45, 7) is 1.75. The molecule has 0 saturated carbocycles. The maximum atomic E-state index is 13.9. The third-order valence-electron chi connectivity index (χ3n) is 3.43. The van der Waals surface area contributed by atoms with Crippen molar-refractivity contribution >= 4 is 16.0 Å². The molecule has 1 aliphatic rings. The first kappa shape index (κ1) is 15.9. The molecule has 1 aliphatic heterocycles. The smallest absolute Gasteiger partial charge is 0.337 e. The van der Waals surface area contributed by atoms with E-state index in [4.69, 9.17) is 0 Å². The summed E-state index contributed by atoms with van der Waals surface area (Å²) in [5, 5.41) is 0. The van der Waals surface area contributed by atoms with Crippen molar-refractivity contribution in [2.75, 3.05) is 40.3 Å². The second kappa shape index (κ2) is 6.08. The van der Waals surface area contributed by atoms with Crippen molar-refractivity contribution in [3.63, 3.8) is 0 Å². The number of carbonyl (C=O) groups excluding carboxylic acids is 1. The molecule has 6 nitrogen and oxygen atoms in total. The fourth-order valence-electron chi connectivity index (χ4n) is 2.11. The predicted molar refractivity (Wildman–Crippen MR) is 74.0 cm³/mol. The summed E-state index contributed by atoms with van der Waals surface area (Å²) in [4.78, 5) is 13.0. The minimum atomic E-state index is -3.96. The van der Waals surface area contributed by atoms with Gasteiger partial charge in [-0.05, 0) is 25.2 Å². The molecule has 2 rings (SSSR count). The molecule has 0 radical (unpaired) electrons. The lowest BCUT2D eigenvalue weighted by Crippen LogP contribution is -2.47. The predicted octanol–water partition coefficient (Wildman–Crippen LogP) is 0.548. The zero-order valence-electron chi connectivity index (χ0n) is 11.9. The van der Waals surface area contributed by atoms with E-state index in [9.17, 15) is 17.6 Å². The van der Waals surface area contributed by atoms with E-state index in [1.54, 1.807) is 0 Å². The van der Waals surface area contributed by atoms with E-state index in [1.807, 2.05) is 11.9 Å². The first-order chi connectivity index (χ1) is 9.86. The van der Waals surface area contributed by atoms with Gasteiger partial charge in [-0.3, -0.25) is 0 Å². The Morgan fingerprint density at radius 2 is 1.86 bits per heavy atom. The number of rotatable bonds is 3. The van der Waals surface area contributed by atoms with E-state index >= 15 is 0 Å². The molecular formula is C13H17FN2O4S. The van der Waals surface area contributed by atoms with Crippen LogP contribution in [-0.4, -0.2) is 63.9 Å². The van der Waals surface area contributed by atoms with Crippen molar-refractivity contribution in [3.8, 4) is 0 Å². The van der Waals surface area contributed by atoms with Crippen LogP contribution in [0.4, 0.5) is 4.39 Å². The SMILES string of the molecule is COC(=O)c1ccc(F)c(S(=O)(=O)N2CCN(C)CC2)c1. The van der Waals surface area contributed by atoms with E-state index in [0.717, 1.165) is 12.1 Å². The molecule has 1 aromatic rings. The molecule has 0 aliphatic carbocycles. The quantitative estimate of drug-likeness (QED) is 0.762. The number of hydrogen-bond acceptors (Lipinski definition) is 5. The monoisotopic (exact) mass is 316 g/mol. The molecule has 116 valence electrons. The van der Waals surface area contributed by atoms with Crippen molar-refractivity contribution in [2.24, 2.45) is 0 Å². The Kier molecular flexibility index (Phi) is 4.60. The van der Waals surface area contributed by atoms with E-state index < -0.39 is 26.7 Å². The van der Waals surface area contributed by atoms with Crippen LogP contribution in [-0.2, 0) is 14.8 Å². The van der Waals surface area contributed by atoms with Crippen LogP contribution >= 0.6 is 0 Å². The second-order valence-electron chi connectivity index (χ2n) is 4.84. The zero-order valence-corrected chi connectivity index (χ0v) is 12.7. The summed E-state index contributed by atoms with van der Waals surface area (Å²) in [7, 11) is -0.884. The molecule has 1 saturated heterocycles. The lowest BCUT2D eigenvalue weighted by molar-refractivity contribution is 0.0600. The van der Waals surface area contributed by atoms with Gasteiger partial charge in [0.25, 0.3) is 0 Å². The molecule has 0 N–H and O–H groups in total. The van der Waals surface area contributed by atoms with E-state index in [2.05, 4.69) is 4.74 Å². The Morgan fingerprint density at radius 3 is 2.43 bits per heavy atom. The fourth-order valence-corrected chi connectivity index (χ4v) is 3.63. The van der Waals surface area contributed by atoms with Gasteiger partial charge in [-0.25, -0.2) is 17.6 Å². The van der Waals surface area contributed by atoms with Gasteiger partial charge in [0.2, 0.25) is 10.0 Å². The van der Waals surface area contributed by atoms with Crippen LogP contribution in [0.3, 0.4) is 0 Å². The summed E-state index contributed by atoms with van der Waals surface area (Å²) >= 11 is 0. The van der Waals surface area contributed by atoms with Gasteiger partial charge >= 0.3 is 5.97 Å². The summed E-state index contributed by atoms with van der Waals surface area (Å²) in [6, 6.07) is 3.19. The summed E-state index contributed by atoms with van der Waals surface area (Å²) < 4.78 is 44.6. The van der Waals surface area contributed by atoms with E-state index in [-0.39, 0.29) is 5.56 Å². The van der Waals surface area contributed by atoms with Gasteiger partial charge in [0.1, 0.15) is 10.7 Å². The van der Waals surface area contributed by atoms with E-state index in [1.165, 1.54) is 17.5 Å². The van der Waals surface area contributed by atoms with Crippen molar-refractivity contribution in [1.82, 2.24) is 9.21 Å². The summed E-state index contributed by atoms with van der Waals surface area (Å²) in [6.07, 6.45) is 0. The maximum Gasteiger partial charge on any atom is 0.337 e. The van der Waals surface area contributed by atoms with Crippen molar-refractivity contribution < 1.29 is 22.3 Å². The average Bonchev–Trinajstić information content (AvgIpc) is 2.47. The van der Waals surface area contributed by atoms with Crippen molar-refractivity contribution in [1.29, 1.82) is 0 Å². The molecule has 0 aromatic heterocycles. The van der Waals surface area contributed by atoms with Crippen LogP contribution in [0.5, 0.6) is 0 Å². The van der Waals surface area contributed by atoms with Crippen LogP contribution < -0.4 is 0 Å². The van der Waals surface area contributed by atoms with Crippen LogP contribution in [0.15, 0.2) is 23.1 Å². The average molecular weight is 316 g/mol. The number of hydrogen-bond donors (Lipinski definition) is 0.